The summed E-state index contributed by atoms with van der Waals surface area (Å²) in [6, 6.07) is 11.9. The molecule has 2 atom stereocenters. The third-order valence-electron chi connectivity index (χ3n) is 4.12. The lowest BCUT2D eigenvalue weighted by Crippen LogP contribution is -2.22. The highest BCUT2D eigenvalue weighted by atomic mass is 19.1. The summed E-state index contributed by atoms with van der Waals surface area (Å²) in [5.41, 5.74) is 1.40. The Hall–Kier alpha value is -2.89. The largest absolute Gasteiger partial charge is 0.486 e. The van der Waals surface area contributed by atoms with Crippen molar-refractivity contribution in [2.75, 3.05) is 13.7 Å². The lowest BCUT2D eigenvalue weighted by molar-refractivity contribution is 0.0696. The first-order chi connectivity index (χ1) is 11.6. The number of hydrogen-bond donors (Lipinski definition) is 2. The van der Waals surface area contributed by atoms with Crippen molar-refractivity contribution in [1.29, 1.82) is 0 Å². The fourth-order valence-corrected chi connectivity index (χ4v) is 3.04. The average molecular weight is 329 g/mol. The fourth-order valence-electron chi connectivity index (χ4n) is 3.04. The molecule has 1 aliphatic rings. The summed E-state index contributed by atoms with van der Waals surface area (Å²) in [5.74, 6) is -1.84. The zero-order valence-corrected chi connectivity index (χ0v) is 13.0. The highest BCUT2D eigenvalue weighted by Crippen LogP contribution is 2.45. The van der Waals surface area contributed by atoms with Crippen LogP contribution in [-0.4, -0.2) is 36.8 Å². The van der Waals surface area contributed by atoms with Crippen LogP contribution >= 0.6 is 0 Å². The molecule has 1 heterocycles. The van der Waals surface area contributed by atoms with Crippen LogP contribution in [0.5, 0.6) is 5.75 Å². The van der Waals surface area contributed by atoms with Gasteiger partial charge in [-0.1, -0.05) is 30.3 Å². The van der Waals surface area contributed by atoms with Gasteiger partial charge in [0.05, 0.1) is 17.0 Å². The highest BCUT2D eigenvalue weighted by molar-refractivity contribution is 6.00. The van der Waals surface area contributed by atoms with E-state index >= 15 is 0 Å². The van der Waals surface area contributed by atoms with Crippen molar-refractivity contribution in [2.45, 2.75) is 12.0 Å². The van der Waals surface area contributed by atoms with Gasteiger partial charge >= 0.3 is 5.97 Å². The smallest absolute Gasteiger partial charge is 0.335 e. The van der Waals surface area contributed by atoms with Gasteiger partial charge in [0.25, 0.3) is 5.91 Å². The van der Waals surface area contributed by atoms with Crippen molar-refractivity contribution < 1.29 is 23.8 Å². The van der Waals surface area contributed by atoms with Crippen molar-refractivity contribution in [3.63, 3.8) is 0 Å². The number of alkyl halides is 1. The monoisotopic (exact) mass is 329 g/mol. The van der Waals surface area contributed by atoms with Gasteiger partial charge in [-0.3, -0.25) is 4.79 Å². The minimum absolute atomic E-state index is 0.0311. The van der Waals surface area contributed by atoms with E-state index < -0.39 is 30.6 Å². The predicted molar refractivity (Wildman–Crippen MR) is 85.5 cm³/mol. The molecule has 0 aliphatic carbocycles. The molecule has 1 amide bonds. The number of amides is 1. The Balaban J connectivity index is 2.22. The Labute approximate surface area is 138 Å². The quantitative estimate of drug-likeness (QED) is 0.904. The third-order valence-corrected chi connectivity index (χ3v) is 4.12. The van der Waals surface area contributed by atoms with Crippen molar-refractivity contribution in [1.82, 2.24) is 5.32 Å². The van der Waals surface area contributed by atoms with Crippen LogP contribution in [0.15, 0.2) is 42.5 Å². The Morgan fingerprint density at radius 3 is 2.54 bits per heavy atom. The second-order valence-electron chi connectivity index (χ2n) is 5.53. The van der Waals surface area contributed by atoms with Gasteiger partial charge in [0.1, 0.15) is 18.5 Å². The summed E-state index contributed by atoms with van der Waals surface area (Å²) < 4.78 is 19.2. The summed E-state index contributed by atoms with van der Waals surface area (Å²) >= 11 is 0. The van der Waals surface area contributed by atoms with Crippen LogP contribution in [-0.2, 0) is 0 Å². The van der Waals surface area contributed by atoms with Crippen molar-refractivity contribution in [2.24, 2.45) is 0 Å². The number of carboxylic acids is 1. The van der Waals surface area contributed by atoms with Crippen LogP contribution in [0.4, 0.5) is 4.39 Å². The summed E-state index contributed by atoms with van der Waals surface area (Å²) in [7, 11) is 1.44. The SMILES string of the molecule is CNC(=O)c1cc(C(=O)O)cc2c1OC(CF)C2c1ccccc1. The van der Waals surface area contributed by atoms with Crippen molar-refractivity contribution >= 4 is 11.9 Å². The number of halogens is 1. The number of nitrogens with one attached hydrogen (secondary N) is 1. The Morgan fingerprint density at radius 2 is 1.96 bits per heavy atom. The second kappa shape index (κ2) is 6.31. The topological polar surface area (TPSA) is 75.6 Å². The van der Waals surface area contributed by atoms with Gasteiger partial charge in [0.2, 0.25) is 0 Å². The van der Waals surface area contributed by atoms with Crippen LogP contribution < -0.4 is 10.1 Å². The van der Waals surface area contributed by atoms with E-state index in [1.807, 2.05) is 30.3 Å². The van der Waals surface area contributed by atoms with Crippen molar-refractivity contribution in [3.05, 3.63) is 64.7 Å². The molecule has 124 valence electrons. The summed E-state index contributed by atoms with van der Waals surface area (Å²) in [6.45, 7) is -0.746. The molecule has 2 aromatic carbocycles. The first-order valence-electron chi connectivity index (χ1n) is 7.47. The number of carbonyl (C=O) groups excluding carboxylic acids is 1. The first-order valence-corrected chi connectivity index (χ1v) is 7.47. The van der Waals surface area contributed by atoms with E-state index in [1.54, 1.807) is 0 Å². The molecule has 0 bridgehead atoms. The van der Waals surface area contributed by atoms with E-state index in [9.17, 15) is 19.1 Å². The molecule has 0 fully saturated rings. The Morgan fingerprint density at radius 1 is 1.25 bits per heavy atom. The molecular weight excluding hydrogens is 313 g/mol. The second-order valence-corrected chi connectivity index (χ2v) is 5.53. The maximum atomic E-state index is 13.5. The number of carboxylic acid groups (broad SMARTS) is 1. The zero-order chi connectivity index (χ0) is 17.3. The van der Waals surface area contributed by atoms with Crippen LogP contribution in [0.25, 0.3) is 0 Å². The molecule has 1 aliphatic heterocycles. The molecule has 2 N–H and O–H groups in total. The number of carbonyl (C=O) groups is 2. The Kier molecular flexibility index (Phi) is 4.20. The number of ether oxygens (including phenoxy) is 1. The molecule has 24 heavy (non-hydrogen) atoms. The van der Waals surface area contributed by atoms with Gasteiger partial charge in [-0.15, -0.1) is 0 Å². The van der Waals surface area contributed by atoms with E-state index in [4.69, 9.17) is 4.74 Å². The van der Waals surface area contributed by atoms with Crippen LogP contribution in [0.3, 0.4) is 0 Å². The van der Waals surface area contributed by atoms with Crippen molar-refractivity contribution in [3.8, 4) is 5.75 Å². The molecule has 0 saturated heterocycles. The van der Waals surface area contributed by atoms with Gasteiger partial charge in [-0.25, -0.2) is 9.18 Å². The minimum Gasteiger partial charge on any atom is -0.486 e. The highest BCUT2D eigenvalue weighted by Gasteiger charge is 2.39. The van der Waals surface area contributed by atoms with E-state index in [0.29, 0.717) is 5.56 Å². The number of fused-ring (bicyclic) bond motifs is 1. The molecule has 2 unspecified atom stereocenters. The summed E-state index contributed by atoms with van der Waals surface area (Å²) in [4.78, 5) is 23.5. The number of aromatic carboxylic acids is 1. The Bertz CT molecular complexity index is 791. The van der Waals surface area contributed by atoms with E-state index in [1.165, 1.54) is 19.2 Å². The summed E-state index contributed by atoms with van der Waals surface area (Å²) in [6.07, 6.45) is -0.796. The molecule has 6 heteroatoms. The number of hydrogen-bond acceptors (Lipinski definition) is 3. The van der Waals surface area contributed by atoms with E-state index in [0.717, 1.165) is 5.56 Å². The minimum atomic E-state index is -1.15. The van der Waals surface area contributed by atoms with Gasteiger partial charge in [-0.2, -0.15) is 0 Å². The first kappa shape index (κ1) is 16.0. The third kappa shape index (κ3) is 2.60. The van der Waals surface area contributed by atoms with Crippen LogP contribution in [0, 0.1) is 0 Å². The van der Waals surface area contributed by atoms with E-state index in [-0.39, 0.29) is 16.9 Å². The maximum Gasteiger partial charge on any atom is 0.335 e. The van der Waals surface area contributed by atoms with E-state index in [2.05, 4.69) is 5.32 Å². The standard InChI is InChI=1S/C18H16FNO4/c1-20-17(21)13-8-11(18(22)23)7-12-15(10-5-3-2-4-6-10)14(9-19)24-16(12)13/h2-8,14-15H,9H2,1H3,(H,20,21)(H,22,23). The fraction of sp³-hybridized carbons (Fsp3) is 0.222. The zero-order valence-electron chi connectivity index (χ0n) is 13.0. The number of rotatable bonds is 4. The van der Waals surface area contributed by atoms with Gasteiger partial charge < -0.3 is 15.2 Å². The molecule has 0 aromatic heterocycles. The van der Waals surface area contributed by atoms with Gasteiger partial charge in [0.15, 0.2) is 0 Å². The molecule has 0 radical (unpaired) electrons. The maximum absolute atomic E-state index is 13.5. The lowest BCUT2D eigenvalue weighted by Gasteiger charge is -2.16. The predicted octanol–water partition coefficient (Wildman–Crippen LogP) is 2.61. The number of benzene rings is 2. The average Bonchev–Trinajstić information content (AvgIpc) is 2.99. The van der Waals surface area contributed by atoms with Gasteiger partial charge in [0, 0.05) is 12.6 Å². The molecule has 0 saturated carbocycles. The molecular formula is C18H16FNO4. The van der Waals surface area contributed by atoms with Crippen LogP contribution in [0.1, 0.15) is 37.8 Å². The van der Waals surface area contributed by atoms with Crippen LogP contribution in [0.2, 0.25) is 0 Å². The lowest BCUT2D eigenvalue weighted by atomic mass is 9.87. The molecule has 0 spiro atoms. The molecule has 2 aromatic rings. The molecule has 3 rings (SSSR count). The normalized spacial score (nSPS) is 18.6. The molecule has 5 nitrogen and oxygen atoms in total. The van der Waals surface area contributed by atoms with Gasteiger partial charge in [-0.05, 0) is 17.7 Å². The summed E-state index contributed by atoms with van der Waals surface area (Å²) in [5, 5.41) is 11.8.